The van der Waals surface area contributed by atoms with Crippen LogP contribution in [-0.4, -0.2) is 67.6 Å². The number of aryl methyl sites for hydroxylation is 2. The molecule has 0 spiro atoms. The molecule has 198 valence electrons. The minimum atomic E-state index is -3.71. The highest BCUT2D eigenvalue weighted by Crippen LogP contribution is 2.33. The van der Waals surface area contributed by atoms with Gasteiger partial charge in [0.15, 0.2) is 0 Å². The van der Waals surface area contributed by atoms with Gasteiger partial charge in [-0.3, -0.25) is 4.79 Å². The molecule has 1 saturated heterocycles. The number of carbonyl (C=O) groups excluding carboxylic acids is 1. The Morgan fingerprint density at radius 3 is 2.56 bits per heavy atom. The fourth-order valence-corrected chi connectivity index (χ4v) is 7.81. The molecule has 4 rings (SSSR count). The Hall–Kier alpha value is -2.36. The van der Waals surface area contributed by atoms with Crippen LogP contribution in [0.1, 0.15) is 61.9 Å². The fraction of sp³-hybridized carbons (Fsp3) is 0.593. The quantitative estimate of drug-likeness (QED) is 0.501. The Balaban J connectivity index is 1.43. The van der Waals surface area contributed by atoms with Crippen LogP contribution in [0.25, 0.3) is 0 Å². The number of rotatable bonds is 9. The van der Waals surface area contributed by atoms with Crippen molar-refractivity contribution in [2.75, 3.05) is 33.4 Å². The van der Waals surface area contributed by atoms with E-state index in [9.17, 15) is 13.2 Å². The van der Waals surface area contributed by atoms with Crippen LogP contribution in [-0.2, 0) is 26.1 Å². The maximum atomic E-state index is 13.7. The number of piperidine rings is 1. The van der Waals surface area contributed by atoms with Gasteiger partial charge < -0.3 is 18.9 Å². The van der Waals surface area contributed by atoms with E-state index in [1.54, 1.807) is 37.4 Å². The lowest BCUT2D eigenvalue weighted by atomic mass is 10.0. The van der Waals surface area contributed by atoms with E-state index in [2.05, 4.69) is 23.8 Å². The average Bonchev–Trinajstić information content (AvgIpc) is 3.33. The molecule has 0 bridgehead atoms. The summed E-state index contributed by atoms with van der Waals surface area (Å²) < 4.78 is 42.5. The molecule has 2 aliphatic rings. The number of methoxy groups -OCH3 is 1. The molecule has 0 saturated carbocycles. The van der Waals surface area contributed by atoms with Gasteiger partial charge in [0.1, 0.15) is 12.4 Å². The topological polar surface area (TPSA) is 81.1 Å². The molecule has 0 radical (unpaired) electrons. The lowest BCUT2D eigenvalue weighted by Crippen LogP contribution is -2.47. The molecular weight excluding hydrogens is 478 g/mol. The number of nitrogens with zero attached hydrogens (tertiary/aromatic N) is 3. The third-order valence-electron chi connectivity index (χ3n) is 7.39. The number of carbonyl (C=O) groups is 1. The lowest BCUT2D eigenvalue weighted by Gasteiger charge is -2.37. The molecule has 8 nitrogen and oxygen atoms in total. The summed E-state index contributed by atoms with van der Waals surface area (Å²) in [6.07, 6.45) is 6.44. The van der Waals surface area contributed by atoms with Crippen molar-refractivity contribution >= 4 is 15.9 Å². The first kappa shape index (κ1) is 26.7. The summed E-state index contributed by atoms with van der Waals surface area (Å²) >= 11 is 0. The number of ether oxygens (including phenoxy) is 2. The van der Waals surface area contributed by atoms with E-state index in [4.69, 9.17) is 9.47 Å². The second-order valence-electron chi connectivity index (χ2n) is 9.89. The SMILES string of the molecule is CCCC1c2cccn2CCN1C(=O)COCC1CCCCN1S(=O)(=O)c1c(C)cc(OC)cc1C. The van der Waals surface area contributed by atoms with Crippen molar-refractivity contribution in [2.24, 2.45) is 0 Å². The molecule has 1 fully saturated rings. The number of aromatic nitrogens is 1. The molecule has 2 unspecified atom stereocenters. The Morgan fingerprint density at radius 2 is 1.86 bits per heavy atom. The largest absolute Gasteiger partial charge is 0.497 e. The van der Waals surface area contributed by atoms with Gasteiger partial charge in [0.25, 0.3) is 0 Å². The summed E-state index contributed by atoms with van der Waals surface area (Å²) in [6, 6.07) is 7.41. The number of amides is 1. The number of sulfonamides is 1. The first-order chi connectivity index (χ1) is 17.3. The standard InChI is InChI=1S/C27H39N3O5S/c1-5-9-25-24-11-8-12-28(24)14-15-29(25)26(31)19-35-18-22-10-6-7-13-30(22)36(32,33)27-20(2)16-23(34-4)17-21(27)3/h8,11-12,16-17,22,25H,5-7,9-10,13-15,18-19H2,1-4H3. The van der Waals surface area contributed by atoms with E-state index in [0.717, 1.165) is 38.6 Å². The van der Waals surface area contributed by atoms with E-state index < -0.39 is 10.0 Å². The first-order valence-corrected chi connectivity index (χ1v) is 14.4. The number of hydrogen-bond acceptors (Lipinski definition) is 5. The third-order valence-corrected chi connectivity index (χ3v) is 9.65. The number of benzene rings is 1. The van der Waals surface area contributed by atoms with E-state index in [1.807, 2.05) is 11.0 Å². The van der Waals surface area contributed by atoms with E-state index in [1.165, 1.54) is 5.69 Å². The highest BCUT2D eigenvalue weighted by atomic mass is 32.2. The number of fused-ring (bicyclic) bond motifs is 1. The van der Waals surface area contributed by atoms with E-state index >= 15 is 0 Å². The highest BCUT2D eigenvalue weighted by Gasteiger charge is 2.36. The maximum Gasteiger partial charge on any atom is 0.249 e. The van der Waals surface area contributed by atoms with Crippen LogP contribution in [0.2, 0.25) is 0 Å². The predicted molar refractivity (Wildman–Crippen MR) is 139 cm³/mol. The van der Waals surface area contributed by atoms with Crippen molar-refractivity contribution in [3.05, 3.63) is 47.3 Å². The van der Waals surface area contributed by atoms with Crippen molar-refractivity contribution < 1.29 is 22.7 Å². The molecule has 0 N–H and O–H groups in total. The molecular formula is C27H39N3O5S. The zero-order valence-corrected chi connectivity index (χ0v) is 22.7. The molecule has 9 heteroatoms. The van der Waals surface area contributed by atoms with Crippen LogP contribution in [0.15, 0.2) is 35.4 Å². The monoisotopic (exact) mass is 517 g/mol. The molecule has 1 aromatic carbocycles. The van der Waals surface area contributed by atoms with Crippen molar-refractivity contribution in [1.29, 1.82) is 0 Å². The van der Waals surface area contributed by atoms with Gasteiger partial charge in [-0.15, -0.1) is 0 Å². The minimum Gasteiger partial charge on any atom is -0.497 e. The molecule has 2 aliphatic heterocycles. The Morgan fingerprint density at radius 1 is 1.11 bits per heavy atom. The van der Waals surface area contributed by atoms with Gasteiger partial charge in [-0.05, 0) is 68.5 Å². The van der Waals surface area contributed by atoms with Crippen LogP contribution in [0.5, 0.6) is 5.75 Å². The lowest BCUT2D eigenvalue weighted by molar-refractivity contribution is -0.140. The van der Waals surface area contributed by atoms with Crippen LogP contribution >= 0.6 is 0 Å². The first-order valence-electron chi connectivity index (χ1n) is 13.0. The zero-order chi connectivity index (χ0) is 25.9. The summed E-state index contributed by atoms with van der Waals surface area (Å²) in [4.78, 5) is 15.4. The summed E-state index contributed by atoms with van der Waals surface area (Å²) in [5.41, 5.74) is 2.51. The van der Waals surface area contributed by atoms with Crippen LogP contribution < -0.4 is 4.74 Å². The molecule has 0 aliphatic carbocycles. The Bertz CT molecular complexity index is 1150. The van der Waals surface area contributed by atoms with Crippen molar-refractivity contribution in [1.82, 2.24) is 13.8 Å². The average molecular weight is 518 g/mol. The summed E-state index contributed by atoms with van der Waals surface area (Å²) in [7, 11) is -2.14. The van der Waals surface area contributed by atoms with Crippen molar-refractivity contribution in [3.63, 3.8) is 0 Å². The van der Waals surface area contributed by atoms with Gasteiger partial charge in [0.2, 0.25) is 15.9 Å². The molecule has 1 aromatic heterocycles. The van der Waals surface area contributed by atoms with Gasteiger partial charge in [-0.25, -0.2) is 8.42 Å². The summed E-state index contributed by atoms with van der Waals surface area (Å²) in [6.45, 7) is 7.81. The summed E-state index contributed by atoms with van der Waals surface area (Å²) in [5.74, 6) is 0.611. The smallest absolute Gasteiger partial charge is 0.249 e. The molecule has 1 amide bonds. The number of hydrogen-bond donors (Lipinski definition) is 0. The molecule has 3 heterocycles. The van der Waals surface area contributed by atoms with Crippen LogP contribution in [0.3, 0.4) is 0 Å². The molecule has 36 heavy (non-hydrogen) atoms. The van der Waals surface area contributed by atoms with Gasteiger partial charge in [0, 0.05) is 37.6 Å². The normalized spacial score (nSPS) is 20.8. The highest BCUT2D eigenvalue weighted by molar-refractivity contribution is 7.89. The van der Waals surface area contributed by atoms with Crippen LogP contribution in [0, 0.1) is 13.8 Å². The van der Waals surface area contributed by atoms with E-state index in [0.29, 0.717) is 34.9 Å². The Labute approximate surface area is 215 Å². The van der Waals surface area contributed by atoms with Crippen molar-refractivity contribution in [2.45, 2.75) is 76.4 Å². The second-order valence-corrected chi connectivity index (χ2v) is 11.7. The third kappa shape index (κ3) is 5.33. The minimum absolute atomic E-state index is 0.0343. The Kier molecular flexibility index (Phi) is 8.42. The van der Waals surface area contributed by atoms with Gasteiger partial charge in [0.05, 0.1) is 24.7 Å². The maximum absolute atomic E-state index is 13.7. The summed E-state index contributed by atoms with van der Waals surface area (Å²) in [5, 5.41) is 0. The van der Waals surface area contributed by atoms with Gasteiger partial charge in [-0.1, -0.05) is 19.8 Å². The van der Waals surface area contributed by atoms with Gasteiger partial charge >= 0.3 is 0 Å². The fourth-order valence-electron chi connectivity index (χ4n) is 5.71. The second kappa shape index (κ2) is 11.4. The molecule has 2 atom stereocenters. The van der Waals surface area contributed by atoms with Crippen molar-refractivity contribution in [3.8, 4) is 5.75 Å². The van der Waals surface area contributed by atoms with Gasteiger partial charge in [-0.2, -0.15) is 4.31 Å². The van der Waals surface area contributed by atoms with E-state index in [-0.39, 0.29) is 31.2 Å². The zero-order valence-electron chi connectivity index (χ0n) is 21.9. The van der Waals surface area contributed by atoms with Crippen LogP contribution in [0.4, 0.5) is 0 Å². The molecule has 2 aromatic rings. The predicted octanol–water partition coefficient (Wildman–Crippen LogP) is 4.06.